The van der Waals surface area contributed by atoms with E-state index in [-0.39, 0.29) is 30.4 Å². The number of ether oxygens (including phenoxy) is 2. The molecule has 1 aliphatic rings. The van der Waals surface area contributed by atoms with Crippen molar-refractivity contribution in [2.24, 2.45) is 0 Å². The van der Waals surface area contributed by atoms with Crippen LogP contribution in [0.1, 0.15) is 19.8 Å². The number of amides is 1. The summed E-state index contributed by atoms with van der Waals surface area (Å²) in [5.74, 6) is -1.54. The molecular formula is C15H18N2O7S. The average Bonchev–Trinajstić information content (AvgIpc) is 2.92. The normalized spacial score (nSPS) is 17.0. The third kappa shape index (κ3) is 5.54. The second-order valence-electron chi connectivity index (χ2n) is 5.29. The monoisotopic (exact) mass is 370 g/mol. The van der Waals surface area contributed by atoms with Gasteiger partial charge >= 0.3 is 11.9 Å². The first-order valence-electron chi connectivity index (χ1n) is 7.51. The maximum atomic E-state index is 12.1. The highest BCUT2D eigenvalue weighted by molar-refractivity contribution is 7.89. The third-order valence-electron chi connectivity index (χ3n) is 3.27. The van der Waals surface area contributed by atoms with Crippen LogP contribution in [0.2, 0.25) is 0 Å². The number of esters is 2. The van der Waals surface area contributed by atoms with Crippen molar-refractivity contribution in [2.45, 2.75) is 30.8 Å². The fraction of sp³-hybridized carbons (Fsp3) is 0.400. The molecule has 0 radical (unpaired) electrons. The Morgan fingerprint density at radius 1 is 1.28 bits per heavy atom. The lowest BCUT2D eigenvalue weighted by Gasteiger charge is -2.10. The molecule has 1 heterocycles. The Kier molecular flexibility index (Phi) is 6.10. The van der Waals surface area contributed by atoms with Gasteiger partial charge in [-0.2, -0.15) is 0 Å². The standard InChI is InChI=1S/C15H18N2O7S/c1-10(18)17-11-2-4-12(5-3-11)25(21,22)16-8-6-14(19)24-13-7-9-23-15(13)20/h2-5,13,16H,6-9H2,1H3,(H,17,18)/t13-/m0/s1. The zero-order valence-electron chi connectivity index (χ0n) is 13.5. The molecule has 1 amide bonds. The molecule has 136 valence electrons. The predicted octanol–water partition coefficient (Wildman–Crippen LogP) is 0.172. The van der Waals surface area contributed by atoms with Gasteiger partial charge in [-0.15, -0.1) is 0 Å². The van der Waals surface area contributed by atoms with E-state index < -0.39 is 28.1 Å². The largest absolute Gasteiger partial charge is 0.463 e. The molecule has 0 saturated carbocycles. The van der Waals surface area contributed by atoms with Crippen LogP contribution in [-0.4, -0.2) is 45.5 Å². The summed E-state index contributed by atoms with van der Waals surface area (Å²) in [5, 5.41) is 2.53. The van der Waals surface area contributed by atoms with E-state index in [9.17, 15) is 22.8 Å². The molecule has 2 N–H and O–H groups in total. The van der Waals surface area contributed by atoms with Crippen LogP contribution in [-0.2, 0) is 33.9 Å². The SMILES string of the molecule is CC(=O)Nc1ccc(S(=O)(=O)NCCC(=O)O[C@H]2CCOC2=O)cc1. The maximum Gasteiger partial charge on any atom is 0.347 e. The number of hydrogen-bond donors (Lipinski definition) is 2. The van der Waals surface area contributed by atoms with Crippen LogP contribution in [0.15, 0.2) is 29.2 Å². The van der Waals surface area contributed by atoms with Crippen LogP contribution < -0.4 is 10.0 Å². The van der Waals surface area contributed by atoms with Gasteiger partial charge in [0.2, 0.25) is 22.0 Å². The molecule has 1 aromatic carbocycles. The Hall–Kier alpha value is -2.46. The molecule has 1 aromatic rings. The number of benzene rings is 1. The highest BCUT2D eigenvalue weighted by atomic mass is 32.2. The van der Waals surface area contributed by atoms with Crippen LogP contribution in [0.4, 0.5) is 5.69 Å². The Balaban J connectivity index is 1.83. The molecule has 25 heavy (non-hydrogen) atoms. The minimum Gasteiger partial charge on any atom is -0.463 e. The highest BCUT2D eigenvalue weighted by Gasteiger charge is 2.30. The van der Waals surface area contributed by atoms with Gasteiger partial charge in [-0.05, 0) is 24.3 Å². The first-order valence-corrected chi connectivity index (χ1v) is 9.00. The number of cyclic esters (lactones) is 1. The van der Waals surface area contributed by atoms with Crippen LogP contribution in [0.5, 0.6) is 0 Å². The van der Waals surface area contributed by atoms with Crippen LogP contribution in [0.3, 0.4) is 0 Å². The lowest BCUT2D eigenvalue weighted by Crippen LogP contribution is -2.29. The van der Waals surface area contributed by atoms with Crippen molar-refractivity contribution >= 4 is 33.6 Å². The van der Waals surface area contributed by atoms with E-state index in [0.717, 1.165) is 0 Å². The molecule has 0 bridgehead atoms. The molecule has 2 rings (SSSR count). The second-order valence-corrected chi connectivity index (χ2v) is 7.05. The molecule has 1 atom stereocenters. The van der Waals surface area contributed by atoms with E-state index >= 15 is 0 Å². The first kappa shape index (κ1) is 18.9. The van der Waals surface area contributed by atoms with E-state index in [1.807, 2.05) is 0 Å². The Morgan fingerprint density at radius 3 is 2.52 bits per heavy atom. The molecule has 0 unspecified atom stereocenters. The molecule has 1 fully saturated rings. The van der Waals surface area contributed by atoms with Crippen molar-refractivity contribution in [2.75, 3.05) is 18.5 Å². The van der Waals surface area contributed by atoms with Gasteiger partial charge in [-0.3, -0.25) is 9.59 Å². The molecule has 0 spiro atoms. The summed E-state index contributed by atoms with van der Waals surface area (Å²) in [4.78, 5) is 33.7. The first-order chi connectivity index (χ1) is 11.8. The summed E-state index contributed by atoms with van der Waals surface area (Å²) in [6.07, 6.45) is -0.824. The summed E-state index contributed by atoms with van der Waals surface area (Å²) >= 11 is 0. The average molecular weight is 370 g/mol. The highest BCUT2D eigenvalue weighted by Crippen LogP contribution is 2.14. The van der Waals surface area contributed by atoms with Crippen molar-refractivity contribution in [1.29, 1.82) is 0 Å². The van der Waals surface area contributed by atoms with Gasteiger partial charge < -0.3 is 14.8 Å². The minimum absolute atomic E-state index is 0.00524. The molecule has 1 saturated heterocycles. The van der Waals surface area contributed by atoms with Gasteiger partial charge in [0.15, 0.2) is 0 Å². The van der Waals surface area contributed by atoms with Crippen molar-refractivity contribution in [1.82, 2.24) is 4.72 Å². The van der Waals surface area contributed by atoms with Crippen molar-refractivity contribution in [3.05, 3.63) is 24.3 Å². The molecular weight excluding hydrogens is 352 g/mol. The number of carbonyl (C=O) groups excluding carboxylic acids is 3. The molecule has 10 heteroatoms. The van der Waals surface area contributed by atoms with E-state index in [1.54, 1.807) is 0 Å². The lowest BCUT2D eigenvalue weighted by atomic mass is 10.3. The van der Waals surface area contributed by atoms with E-state index in [0.29, 0.717) is 12.1 Å². The predicted molar refractivity (Wildman–Crippen MR) is 86.0 cm³/mol. The maximum absolute atomic E-state index is 12.1. The Morgan fingerprint density at radius 2 is 1.96 bits per heavy atom. The number of anilines is 1. The quantitative estimate of drug-likeness (QED) is 0.655. The summed E-state index contributed by atoms with van der Waals surface area (Å²) in [6, 6.07) is 5.58. The number of sulfonamides is 1. The van der Waals surface area contributed by atoms with Crippen molar-refractivity contribution in [3.8, 4) is 0 Å². The van der Waals surface area contributed by atoms with Crippen molar-refractivity contribution < 1.29 is 32.3 Å². The smallest absolute Gasteiger partial charge is 0.347 e. The van der Waals surface area contributed by atoms with Gasteiger partial charge in [0.05, 0.1) is 17.9 Å². The summed E-state index contributed by atoms with van der Waals surface area (Å²) < 4.78 is 36.1. The van der Waals surface area contributed by atoms with Crippen LogP contribution in [0.25, 0.3) is 0 Å². The molecule has 9 nitrogen and oxygen atoms in total. The van der Waals surface area contributed by atoms with Gasteiger partial charge in [0.25, 0.3) is 0 Å². The van der Waals surface area contributed by atoms with Crippen LogP contribution >= 0.6 is 0 Å². The third-order valence-corrected chi connectivity index (χ3v) is 4.74. The fourth-order valence-electron chi connectivity index (χ4n) is 2.09. The second kappa shape index (κ2) is 8.08. The van der Waals surface area contributed by atoms with E-state index in [4.69, 9.17) is 4.74 Å². The number of rotatable bonds is 7. The summed E-state index contributed by atoms with van der Waals surface area (Å²) in [5.41, 5.74) is 0.471. The minimum atomic E-state index is -3.80. The van der Waals surface area contributed by atoms with E-state index in [1.165, 1.54) is 31.2 Å². The van der Waals surface area contributed by atoms with Crippen molar-refractivity contribution in [3.63, 3.8) is 0 Å². The number of carbonyl (C=O) groups is 3. The fourth-order valence-corrected chi connectivity index (χ4v) is 3.13. The van der Waals surface area contributed by atoms with Crippen LogP contribution in [0, 0.1) is 0 Å². The Labute approximate surface area is 144 Å². The summed E-state index contributed by atoms with van der Waals surface area (Å²) in [7, 11) is -3.80. The zero-order valence-corrected chi connectivity index (χ0v) is 14.3. The topological polar surface area (TPSA) is 128 Å². The van der Waals surface area contributed by atoms with Gasteiger partial charge in [-0.25, -0.2) is 17.9 Å². The number of hydrogen-bond acceptors (Lipinski definition) is 7. The molecule has 1 aliphatic heterocycles. The summed E-state index contributed by atoms with van der Waals surface area (Å²) in [6.45, 7) is 1.38. The Bertz CT molecular complexity index is 759. The van der Waals surface area contributed by atoms with Gasteiger partial charge in [0, 0.05) is 25.6 Å². The molecule has 0 aromatic heterocycles. The zero-order chi connectivity index (χ0) is 18.4. The molecule has 0 aliphatic carbocycles. The lowest BCUT2D eigenvalue weighted by molar-refractivity contribution is -0.160. The van der Waals surface area contributed by atoms with Gasteiger partial charge in [-0.1, -0.05) is 0 Å². The van der Waals surface area contributed by atoms with E-state index in [2.05, 4.69) is 14.8 Å². The number of nitrogens with one attached hydrogen (secondary N) is 2. The van der Waals surface area contributed by atoms with Gasteiger partial charge in [0.1, 0.15) is 0 Å².